The van der Waals surface area contributed by atoms with E-state index in [9.17, 15) is 13.2 Å². The third kappa shape index (κ3) is 4.06. The van der Waals surface area contributed by atoms with Gasteiger partial charge in [-0.25, -0.2) is 13.1 Å². The zero-order valence-electron chi connectivity index (χ0n) is 15.4. The van der Waals surface area contributed by atoms with Crippen molar-refractivity contribution in [3.8, 4) is 11.5 Å². The number of sulfonamides is 1. The lowest BCUT2D eigenvalue weighted by molar-refractivity contribution is -0.117. The van der Waals surface area contributed by atoms with Crippen molar-refractivity contribution in [1.29, 1.82) is 0 Å². The van der Waals surface area contributed by atoms with E-state index in [1.807, 2.05) is 31.2 Å². The van der Waals surface area contributed by atoms with E-state index in [2.05, 4.69) is 4.72 Å². The first-order chi connectivity index (χ1) is 12.8. The third-order valence-electron chi connectivity index (χ3n) is 4.46. The van der Waals surface area contributed by atoms with Crippen molar-refractivity contribution in [3.05, 3.63) is 48.0 Å². The van der Waals surface area contributed by atoms with Crippen LogP contribution in [0.3, 0.4) is 0 Å². The number of amides is 1. The highest BCUT2D eigenvalue weighted by molar-refractivity contribution is 7.89. The predicted molar refractivity (Wildman–Crippen MR) is 102 cm³/mol. The average Bonchev–Trinajstić information content (AvgIpc) is 3.01. The van der Waals surface area contributed by atoms with Crippen molar-refractivity contribution < 1.29 is 22.7 Å². The fraction of sp³-hybridized carbons (Fsp3) is 0.316. The summed E-state index contributed by atoms with van der Waals surface area (Å²) in [7, 11) is -0.880. The lowest BCUT2D eigenvalue weighted by atomic mass is 10.2. The molecule has 0 unspecified atom stereocenters. The summed E-state index contributed by atoms with van der Waals surface area (Å²) >= 11 is 0. The molecule has 2 aromatic carbocycles. The molecule has 1 heterocycles. The number of nitrogens with zero attached hydrogens (tertiary/aromatic N) is 1. The molecule has 1 fully saturated rings. The summed E-state index contributed by atoms with van der Waals surface area (Å²) in [5.74, 6) is 0.654. The number of carbonyl (C=O) groups excluding carboxylic acids is 1. The molecule has 0 aromatic heterocycles. The van der Waals surface area contributed by atoms with Crippen LogP contribution in [0.1, 0.15) is 12.0 Å². The van der Waals surface area contributed by atoms with Crippen LogP contribution in [-0.4, -0.2) is 41.1 Å². The van der Waals surface area contributed by atoms with Gasteiger partial charge in [-0.3, -0.25) is 4.79 Å². The highest BCUT2D eigenvalue weighted by Crippen LogP contribution is 2.30. The van der Waals surface area contributed by atoms with E-state index in [4.69, 9.17) is 9.47 Å². The molecule has 1 amide bonds. The van der Waals surface area contributed by atoms with Crippen molar-refractivity contribution >= 4 is 21.6 Å². The predicted octanol–water partition coefficient (Wildman–Crippen LogP) is 2.10. The van der Waals surface area contributed by atoms with Gasteiger partial charge in [-0.15, -0.1) is 0 Å². The maximum Gasteiger partial charge on any atom is 0.241 e. The summed E-state index contributed by atoms with van der Waals surface area (Å²) in [5, 5.41) is 0. The van der Waals surface area contributed by atoms with Gasteiger partial charge in [-0.05, 0) is 31.2 Å². The Morgan fingerprint density at radius 2 is 1.70 bits per heavy atom. The number of methoxy groups -OCH3 is 2. The maximum atomic E-state index is 12.7. The maximum absolute atomic E-state index is 12.7. The standard InChI is InChI=1S/C19H22N2O5S/c1-13-4-6-15(7-5-13)21-12-14(10-19(21)22)20-27(23,24)16-8-9-17(25-2)18(11-16)26-3/h4-9,11,14,20H,10,12H2,1-3H3/t14-/m0/s1. The van der Waals surface area contributed by atoms with Crippen molar-refractivity contribution in [3.63, 3.8) is 0 Å². The third-order valence-corrected chi connectivity index (χ3v) is 5.98. The van der Waals surface area contributed by atoms with Crippen molar-refractivity contribution in [1.82, 2.24) is 4.72 Å². The Labute approximate surface area is 158 Å². The molecule has 2 aromatic rings. The molecule has 0 saturated carbocycles. The van der Waals surface area contributed by atoms with E-state index in [-0.39, 0.29) is 23.8 Å². The highest BCUT2D eigenvalue weighted by Gasteiger charge is 2.33. The van der Waals surface area contributed by atoms with Gasteiger partial charge in [-0.1, -0.05) is 17.7 Å². The molecule has 0 bridgehead atoms. The number of hydrogen-bond acceptors (Lipinski definition) is 5. The van der Waals surface area contributed by atoms with Crippen LogP contribution in [0.5, 0.6) is 11.5 Å². The summed E-state index contributed by atoms with van der Waals surface area (Å²) in [5.41, 5.74) is 1.86. The summed E-state index contributed by atoms with van der Waals surface area (Å²) in [6.45, 7) is 2.25. The van der Waals surface area contributed by atoms with E-state index in [0.29, 0.717) is 11.5 Å². The first-order valence-corrected chi connectivity index (χ1v) is 9.94. The number of hydrogen-bond donors (Lipinski definition) is 1. The normalized spacial score (nSPS) is 17.2. The summed E-state index contributed by atoms with van der Waals surface area (Å²) < 4.78 is 38.3. The highest BCUT2D eigenvalue weighted by atomic mass is 32.2. The second kappa shape index (κ2) is 7.58. The van der Waals surface area contributed by atoms with E-state index in [0.717, 1.165) is 11.3 Å². The molecule has 144 valence electrons. The number of aryl methyl sites for hydroxylation is 1. The van der Waals surface area contributed by atoms with Gasteiger partial charge in [0.25, 0.3) is 0 Å². The van der Waals surface area contributed by atoms with Gasteiger partial charge in [0.2, 0.25) is 15.9 Å². The minimum atomic E-state index is -3.80. The number of anilines is 1. The summed E-state index contributed by atoms with van der Waals surface area (Å²) in [6.07, 6.45) is 0.112. The van der Waals surface area contributed by atoms with E-state index < -0.39 is 16.1 Å². The van der Waals surface area contributed by atoms with Gasteiger partial charge in [-0.2, -0.15) is 0 Å². The van der Waals surface area contributed by atoms with E-state index >= 15 is 0 Å². The molecule has 0 spiro atoms. The lowest BCUT2D eigenvalue weighted by Crippen LogP contribution is -2.37. The molecular weight excluding hydrogens is 368 g/mol. The minimum absolute atomic E-state index is 0.0568. The Morgan fingerprint density at radius 3 is 2.33 bits per heavy atom. The number of nitrogens with one attached hydrogen (secondary N) is 1. The van der Waals surface area contributed by atoms with Crippen molar-refractivity contribution in [2.24, 2.45) is 0 Å². The molecule has 1 aliphatic rings. The van der Waals surface area contributed by atoms with Crippen LogP contribution in [0.25, 0.3) is 0 Å². The topological polar surface area (TPSA) is 84.9 Å². The van der Waals surface area contributed by atoms with Gasteiger partial charge in [0.15, 0.2) is 11.5 Å². The van der Waals surface area contributed by atoms with Crippen LogP contribution in [0.15, 0.2) is 47.4 Å². The number of ether oxygens (including phenoxy) is 2. The van der Waals surface area contributed by atoms with Crippen molar-refractivity contribution in [2.45, 2.75) is 24.3 Å². The molecule has 0 aliphatic carbocycles. The molecule has 0 radical (unpaired) electrons. The Kier molecular flexibility index (Phi) is 5.38. The molecule has 1 N–H and O–H groups in total. The number of carbonyl (C=O) groups is 1. The van der Waals surface area contributed by atoms with Crippen LogP contribution in [0, 0.1) is 6.92 Å². The van der Waals surface area contributed by atoms with Gasteiger partial charge in [0.05, 0.1) is 19.1 Å². The SMILES string of the molecule is COc1ccc(S(=O)(=O)N[C@H]2CC(=O)N(c3ccc(C)cc3)C2)cc1OC. The smallest absolute Gasteiger partial charge is 0.241 e. The number of benzene rings is 2. The molecule has 1 saturated heterocycles. The van der Waals surface area contributed by atoms with E-state index in [1.165, 1.54) is 32.4 Å². The fourth-order valence-corrected chi connectivity index (χ4v) is 4.27. The van der Waals surface area contributed by atoms with Crippen LogP contribution in [-0.2, 0) is 14.8 Å². The summed E-state index contributed by atoms with van der Waals surface area (Å²) in [6, 6.07) is 11.4. The largest absolute Gasteiger partial charge is 0.493 e. The first kappa shape index (κ1) is 19.2. The zero-order valence-corrected chi connectivity index (χ0v) is 16.2. The Balaban J connectivity index is 1.77. The zero-order chi connectivity index (χ0) is 19.6. The fourth-order valence-electron chi connectivity index (χ4n) is 3.03. The average molecular weight is 390 g/mol. The second-order valence-electron chi connectivity index (χ2n) is 6.38. The summed E-state index contributed by atoms with van der Waals surface area (Å²) in [4.78, 5) is 14.0. The van der Waals surface area contributed by atoms with Gasteiger partial charge < -0.3 is 14.4 Å². The van der Waals surface area contributed by atoms with E-state index in [1.54, 1.807) is 4.90 Å². The Bertz CT molecular complexity index is 941. The van der Waals surface area contributed by atoms with Crippen LogP contribution in [0.2, 0.25) is 0 Å². The van der Waals surface area contributed by atoms with Crippen LogP contribution < -0.4 is 19.1 Å². The van der Waals surface area contributed by atoms with Gasteiger partial charge in [0.1, 0.15) is 0 Å². The second-order valence-corrected chi connectivity index (χ2v) is 8.09. The molecule has 3 rings (SSSR count). The van der Waals surface area contributed by atoms with Crippen molar-refractivity contribution in [2.75, 3.05) is 25.7 Å². The minimum Gasteiger partial charge on any atom is -0.493 e. The molecule has 8 heteroatoms. The molecule has 1 aliphatic heterocycles. The molecule has 1 atom stereocenters. The Morgan fingerprint density at radius 1 is 1.04 bits per heavy atom. The lowest BCUT2D eigenvalue weighted by Gasteiger charge is -2.18. The number of rotatable bonds is 6. The quantitative estimate of drug-likeness (QED) is 0.816. The molecule has 27 heavy (non-hydrogen) atoms. The monoisotopic (exact) mass is 390 g/mol. The molecule has 7 nitrogen and oxygen atoms in total. The Hall–Kier alpha value is -2.58. The van der Waals surface area contributed by atoms with Gasteiger partial charge >= 0.3 is 0 Å². The molecular formula is C19H22N2O5S. The van der Waals surface area contributed by atoms with Crippen LogP contribution in [0.4, 0.5) is 5.69 Å². The first-order valence-electron chi connectivity index (χ1n) is 8.45. The van der Waals surface area contributed by atoms with Gasteiger partial charge in [0, 0.05) is 30.8 Å². The van der Waals surface area contributed by atoms with Crippen LogP contribution >= 0.6 is 0 Å².